The van der Waals surface area contributed by atoms with Crippen LogP contribution < -0.4 is 0 Å². The van der Waals surface area contributed by atoms with E-state index in [0.717, 1.165) is 6.42 Å². The average Bonchev–Trinajstić information content (AvgIpc) is 2.36. The lowest BCUT2D eigenvalue weighted by Gasteiger charge is -2.22. The van der Waals surface area contributed by atoms with Gasteiger partial charge in [-0.3, -0.25) is 0 Å². The van der Waals surface area contributed by atoms with Crippen molar-refractivity contribution in [1.29, 1.82) is 0 Å². The Morgan fingerprint density at radius 2 is 1.82 bits per heavy atom. The Kier molecular flexibility index (Phi) is 6.04. The summed E-state index contributed by atoms with van der Waals surface area (Å²) in [5.41, 5.74) is 2.87. The van der Waals surface area contributed by atoms with Gasteiger partial charge in [-0.1, -0.05) is 69.7 Å². The molecule has 17 heavy (non-hydrogen) atoms. The molecule has 0 amide bonds. The molecule has 0 fully saturated rings. The van der Waals surface area contributed by atoms with Crippen molar-refractivity contribution >= 4 is 0 Å². The summed E-state index contributed by atoms with van der Waals surface area (Å²) in [4.78, 5) is 0. The lowest BCUT2D eigenvalue weighted by atomic mass is 9.83. The van der Waals surface area contributed by atoms with Crippen molar-refractivity contribution in [2.45, 2.75) is 46.5 Å². The zero-order valence-corrected chi connectivity index (χ0v) is 11.6. The zero-order valence-electron chi connectivity index (χ0n) is 11.6. The minimum atomic E-state index is 0.627. The van der Waals surface area contributed by atoms with Crippen molar-refractivity contribution in [3.8, 4) is 0 Å². The van der Waals surface area contributed by atoms with Crippen molar-refractivity contribution in [1.82, 2.24) is 0 Å². The van der Waals surface area contributed by atoms with Crippen LogP contribution in [0.5, 0.6) is 0 Å². The van der Waals surface area contributed by atoms with E-state index in [-0.39, 0.29) is 0 Å². The second kappa shape index (κ2) is 7.32. The molecule has 0 heterocycles. The molecule has 0 unspecified atom stereocenters. The Hall–Kier alpha value is -1.04. The molecule has 0 nitrogen and oxygen atoms in total. The number of hydrogen-bond acceptors (Lipinski definition) is 0. The fourth-order valence-electron chi connectivity index (χ4n) is 2.20. The van der Waals surface area contributed by atoms with Gasteiger partial charge in [0.05, 0.1) is 0 Å². The first-order valence-corrected chi connectivity index (χ1v) is 6.86. The monoisotopic (exact) mass is 230 g/mol. The lowest BCUT2D eigenvalue weighted by molar-refractivity contribution is 0.426. The van der Waals surface area contributed by atoms with Crippen LogP contribution in [0.15, 0.2) is 42.5 Å². The molecule has 1 aromatic carbocycles. The maximum Gasteiger partial charge on any atom is -0.0205 e. The van der Waals surface area contributed by atoms with Gasteiger partial charge >= 0.3 is 0 Å². The fraction of sp³-hybridized carbons (Fsp3) is 0.529. The van der Waals surface area contributed by atoms with E-state index in [9.17, 15) is 0 Å². The summed E-state index contributed by atoms with van der Waals surface area (Å²) in [5, 5.41) is 0. The summed E-state index contributed by atoms with van der Waals surface area (Å²) >= 11 is 0. The van der Waals surface area contributed by atoms with E-state index in [0.29, 0.717) is 11.8 Å². The van der Waals surface area contributed by atoms with Gasteiger partial charge in [0, 0.05) is 0 Å². The van der Waals surface area contributed by atoms with Gasteiger partial charge in [-0.2, -0.15) is 0 Å². The quantitative estimate of drug-likeness (QED) is 0.561. The van der Waals surface area contributed by atoms with Gasteiger partial charge in [-0.15, -0.1) is 0 Å². The first kappa shape index (κ1) is 14.0. The molecule has 94 valence electrons. The summed E-state index contributed by atoms with van der Waals surface area (Å²) < 4.78 is 0. The molecule has 1 rings (SSSR count). The summed E-state index contributed by atoms with van der Waals surface area (Å²) in [6, 6.07) is 10.8. The van der Waals surface area contributed by atoms with Crippen LogP contribution in [0, 0.1) is 11.8 Å². The lowest BCUT2D eigenvalue weighted by Crippen LogP contribution is -2.13. The SMILES string of the molecule is C=C(CCCC)[C@@H](C)[C@H](C)Cc1ccccc1. The minimum absolute atomic E-state index is 0.627. The summed E-state index contributed by atoms with van der Waals surface area (Å²) in [6.07, 6.45) is 4.89. The van der Waals surface area contributed by atoms with Gasteiger partial charge < -0.3 is 0 Å². The van der Waals surface area contributed by atoms with Crippen LogP contribution in [0.25, 0.3) is 0 Å². The molecular formula is C17H26. The van der Waals surface area contributed by atoms with Gasteiger partial charge in [0.15, 0.2) is 0 Å². The van der Waals surface area contributed by atoms with E-state index >= 15 is 0 Å². The molecule has 0 spiro atoms. The standard InChI is InChI=1S/C17H26/c1-5-6-10-14(2)16(4)15(3)13-17-11-8-7-9-12-17/h7-9,11-12,15-16H,2,5-6,10,13H2,1,3-4H3/t15-,16-/m1/s1. The number of unbranched alkanes of at least 4 members (excludes halogenated alkanes) is 1. The van der Waals surface area contributed by atoms with E-state index in [1.807, 2.05) is 0 Å². The van der Waals surface area contributed by atoms with Crippen LogP contribution in [-0.4, -0.2) is 0 Å². The number of hydrogen-bond donors (Lipinski definition) is 0. The van der Waals surface area contributed by atoms with Crippen molar-refractivity contribution in [3.05, 3.63) is 48.0 Å². The predicted octanol–water partition coefficient (Wildman–Crippen LogP) is 5.25. The van der Waals surface area contributed by atoms with Crippen molar-refractivity contribution in [2.75, 3.05) is 0 Å². The molecule has 1 aromatic rings. The van der Waals surface area contributed by atoms with Crippen LogP contribution in [0.1, 0.15) is 45.6 Å². The molecule has 2 atom stereocenters. The van der Waals surface area contributed by atoms with Crippen molar-refractivity contribution in [2.24, 2.45) is 11.8 Å². The van der Waals surface area contributed by atoms with Crippen LogP contribution in [0.4, 0.5) is 0 Å². The first-order chi connectivity index (χ1) is 8.15. The van der Waals surface area contributed by atoms with E-state index in [4.69, 9.17) is 0 Å². The van der Waals surface area contributed by atoms with Gasteiger partial charge in [-0.05, 0) is 36.7 Å². The Labute approximate surface area is 107 Å². The van der Waals surface area contributed by atoms with Crippen LogP contribution in [-0.2, 0) is 6.42 Å². The molecule has 0 aliphatic carbocycles. The van der Waals surface area contributed by atoms with E-state index < -0.39 is 0 Å². The number of rotatable bonds is 7. The highest BCUT2D eigenvalue weighted by Gasteiger charge is 2.15. The molecule has 0 heteroatoms. The summed E-state index contributed by atoms with van der Waals surface area (Å²) in [6.45, 7) is 11.2. The largest absolute Gasteiger partial charge is 0.0996 e. The van der Waals surface area contributed by atoms with Crippen molar-refractivity contribution < 1.29 is 0 Å². The van der Waals surface area contributed by atoms with Gasteiger partial charge in [0.25, 0.3) is 0 Å². The third-order valence-electron chi connectivity index (χ3n) is 3.75. The van der Waals surface area contributed by atoms with Gasteiger partial charge in [0.2, 0.25) is 0 Å². The van der Waals surface area contributed by atoms with E-state index in [2.05, 4.69) is 57.7 Å². The molecule has 0 aromatic heterocycles. The van der Waals surface area contributed by atoms with Crippen LogP contribution >= 0.6 is 0 Å². The van der Waals surface area contributed by atoms with Gasteiger partial charge in [-0.25, -0.2) is 0 Å². The molecule has 0 radical (unpaired) electrons. The molecule has 0 saturated carbocycles. The minimum Gasteiger partial charge on any atom is -0.0996 e. The summed E-state index contributed by atoms with van der Waals surface area (Å²) in [5.74, 6) is 1.31. The third-order valence-corrected chi connectivity index (χ3v) is 3.75. The highest BCUT2D eigenvalue weighted by molar-refractivity contribution is 5.16. The smallest absolute Gasteiger partial charge is 0.0205 e. The third kappa shape index (κ3) is 4.77. The Morgan fingerprint density at radius 3 is 2.41 bits per heavy atom. The highest BCUT2D eigenvalue weighted by atomic mass is 14.2. The molecule has 0 aliphatic heterocycles. The maximum absolute atomic E-state index is 4.25. The Morgan fingerprint density at radius 1 is 1.18 bits per heavy atom. The fourth-order valence-corrected chi connectivity index (χ4v) is 2.20. The average molecular weight is 230 g/mol. The van der Waals surface area contributed by atoms with E-state index in [1.54, 1.807) is 0 Å². The van der Waals surface area contributed by atoms with Gasteiger partial charge in [0.1, 0.15) is 0 Å². The highest BCUT2D eigenvalue weighted by Crippen LogP contribution is 2.25. The predicted molar refractivity (Wildman–Crippen MR) is 77.1 cm³/mol. The van der Waals surface area contributed by atoms with Crippen LogP contribution in [0.2, 0.25) is 0 Å². The zero-order chi connectivity index (χ0) is 12.7. The topological polar surface area (TPSA) is 0 Å². The maximum atomic E-state index is 4.25. The Balaban J connectivity index is 2.46. The summed E-state index contributed by atoms with van der Waals surface area (Å²) in [7, 11) is 0. The Bertz CT molecular complexity index is 323. The molecular weight excluding hydrogens is 204 g/mol. The first-order valence-electron chi connectivity index (χ1n) is 6.86. The molecule has 0 aliphatic rings. The number of benzene rings is 1. The molecule has 0 N–H and O–H groups in total. The number of allylic oxidation sites excluding steroid dienone is 1. The molecule has 0 bridgehead atoms. The van der Waals surface area contributed by atoms with E-state index in [1.165, 1.54) is 30.4 Å². The van der Waals surface area contributed by atoms with Crippen LogP contribution in [0.3, 0.4) is 0 Å². The normalized spacial score (nSPS) is 14.3. The second-order valence-electron chi connectivity index (χ2n) is 5.22. The molecule has 0 saturated heterocycles. The van der Waals surface area contributed by atoms with Crippen molar-refractivity contribution in [3.63, 3.8) is 0 Å². The second-order valence-corrected chi connectivity index (χ2v) is 5.22.